The van der Waals surface area contributed by atoms with Gasteiger partial charge in [-0.2, -0.15) is 5.10 Å². The molecule has 0 spiro atoms. The molecular formula is C16H15ClN2O4. The zero-order valence-electron chi connectivity index (χ0n) is 12.3. The van der Waals surface area contributed by atoms with Crippen molar-refractivity contribution in [2.45, 2.75) is 0 Å². The van der Waals surface area contributed by atoms with Gasteiger partial charge in [0, 0.05) is 16.7 Å². The van der Waals surface area contributed by atoms with Crippen LogP contribution in [0.15, 0.2) is 47.6 Å². The smallest absolute Gasteiger partial charge is 0.277 e. The molecule has 0 aliphatic carbocycles. The summed E-state index contributed by atoms with van der Waals surface area (Å²) in [5, 5.41) is 14.1. The normalized spacial score (nSPS) is 10.5. The fourth-order valence-electron chi connectivity index (χ4n) is 1.65. The second-order valence-corrected chi connectivity index (χ2v) is 4.90. The number of phenols is 1. The molecule has 0 bridgehead atoms. The molecule has 2 N–H and O–H groups in total. The van der Waals surface area contributed by atoms with Gasteiger partial charge in [-0.25, -0.2) is 5.43 Å². The minimum atomic E-state index is -0.427. The number of rotatable bonds is 6. The first kappa shape index (κ1) is 16.6. The van der Waals surface area contributed by atoms with Crippen molar-refractivity contribution in [3.8, 4) is 17.2 Å². The van der Waals surface area contributed by atoms with Crippen molar-refractivity contribution in [2.24, 2.45) is 5.10 Å². The Morgan fingerprint density at radius 1 is 1.26 bits per heavy atom. The lowest BCUT2D eigenvalue weighted by molar-refractivity contribution is -0.123. The number of hydrogen-bond donors (Lipinski definition) is 2. The fraction of sp³-hybridized carbons (Fsp3) is 0.125. The SMILES string of the molecule is COc1ccc(C=NNC(=O)COc2ccc(Cl)cc2)c(O)c1. The van der Waals surface area contributed by atoms with Crippen LogP contribution in [0.2, 0.25) is 5.02 Å². The average Bonchev–Trinajstić information content (AvgIpc) is 2.55. The summed E-state index contributed by atoms with van der Waals surface area (Å²) in [7, 11) is 1.50. The van der Waals surface area contributed by atoms with Crippen molar-refractivity contribution in [3.63, 3.8) is 0 Å². The van der Waals surface area contributed by atoms with E-state index >= 15 is 0 Å². The van der Waals surface area contributed by atoms with Crippen LogP contribution < -0.4 is 14.9 Å². The number of benzene rings is 2. The van der Waals surface area contributed by atoms with Gasteiger partial charge in [0.2, 0.25) is 0 Å². The molecule has 0 aliphatic heterocycles. The minimum Gasteiger partial charge on any atom is -0.507 e. The Bertz CT molecular complexity index is 702. The molecule has 2 aromatic carbocycles. The number of phenolic OH excluding ortho intramolecular Hbond substituents is 1. The van der Waals surface area contributed by atoms with E-state index < -0.39 is 5.91 Å². The highest BCUT2D eigenvalue weighted by Crippen LogP contribution is 2.21. The number of amides is 1. The van der Waals surface area contributed by atoms with E-state index in [1.807, 2.05) is 0 Å². The van der Waals surface area contributed by atoms with Gasteiger partial charge in [-0.15, -0.1) is 0 Å². The Labute approximate surface area is 138 Å². The third-order valence-corrected chi connectivity index (χ3v) is 3.07. The van der Waals surface area contributed by atoms with Gasteiger partial charge in [-0.3, -0.25) is 4.79 Å². The molecule has 0 aromatic heterocycles. The molecule has 2 rings (SSSR count). The van der Waals surface area contributed by atoms with Gasteiger partial charge in [0.05, 0.1) is 13.3 Å². The number of methoxy groups -OCH3 is 1. The Morgan fingerprint density at radius 3 is 2.61 bits per heavy atom. The van der Waals surface area contributed by atoms with Crippen LogP contribution in [-0.2, 0) is 4.79 Å². The predicted molar refractivity (Wildman–Crippen MR) is 87.3 cm³/mol. The molecule has 0 unspecified atom stereocenters. The Morgan fingerprint density at radius 2 is 1.96 bits per heavy atom. The predicted octanol–water partition coefficient (Wildman–Crippen LogP) is 2.58. The molecule has 0 aliphatic rings. The molecule has 0 heterocycles. The number of nitrogens with one attached hydrogen (secondary N) is 1. The summed E-state index contributed by atoms with van der Waals surface area (Å²) in [5.74, 6) is 0.630. The van der Waals surface area contributed by atoms with Gasteiger partial charge in [0.25, 0.3) is 5.91 Å². The van der Waals surface area contributed by atoms with Gasteiger partial charge < -0.3 is 14.6 Å². The van der Waals surface area contributed by atoms with Crippen LogP contribution in [-0.4, -0.2) is 30.9 Å². The lowest BCUT2D eigenvalue weighted by Gasteiger charge is -2.05. The molecule has 0 saturated heterocycles. The molecule has 120 valence electrons. The Hall–Kier alpha value is -2.73. The largest absolute Gasteiger partial charge is 0.507 e. The quantitative estimate of drug-likeness (QED) is 0.628. The van der Waals surface area contributed by atoms with Gasteiger partial charge in [0.15, 0.2) is 6.61 Å². The number of carbonyl (C=O) groups excluding carboxylic acids is 1. The van der Waals surface area contributed by atoms with Gasteiger partial charge in [-0.1, -0.05) is 11.6 Å². The number of ether oxygens (including phenoxy) is 2. The van der Waals surface area contributed by atoms with Crippen molar-refractivity contribution in [1.82, 2.24) is 5.43 Å². The van der Waals surface area contributed by atoms with Crippen molar-refractivity contribution < 1.29 is 19.4 Å². The maximum absolute atomic E-state index is 11.6. The van der Waals surface area contributed by atoms with E-state index in [0.29, 0.717) is 22.1 Å². The van der Waals surface area contributed by atoms with Crippen LogP contribution in [0.25, 0.3) is 0 Å². The first-order valence-electron chi connectivity index (χ1n) is 6.66. The summed E-state index contributed by atoms with van der Waals surface area (Å²) >= 11 is 5.75. The third-order valence-electron chi connectivity index (χ3n) is 2.81. The molecule has 0 fully saturated rings. The summed E-state index contributed by atoms with van der Waals surface area (Å²) in [6.45, 7) is -0.187. The lowest BCUT2D eigenvalue weighted by Crippen LogP contribution is -2.24. The standard InChI is InChI=1S/C16H15ClN2O4/c1-22-14-5-2-11(15(20)8-14)9-18-19-16(21)10-23-13-6-3-12(17)4-7-13/h2-9,20H,10H2,1H3,(H,19,21). The minimum absolute atomic E-state index is 0.000219. The summed E-state index contributed by atoms with van der Waals surface area (Å²) in [4.78, 5) is 11.6. The van der Waals surface area contributed by atoms with Crippen LogP contribution in [0.1, 0.15) is 5.56 Å². The second kappa shape index (κ2) is 8.05. The summed E-state index contributed by atoms with van der Waals surface area (Å²) in [5.41, 5.74) is 2.75. The Balaban J connectivity index is 1.83. The number of hydrogen-bond acceptors (Lipinski definition) is 5. The zero-order valence-corrected chi connectivity index (χ0v) is 13.1. The first-order chi connectivity index (χ1) is 11.1. The molecule has 2 aromatic rings. The number of halogens is 1. The molecule has 0 atom stereocenters. The zero-order chi connectivity index (χ0) is 16.7. The molecule has 1 amide bonds. The topological polar surface area (TPSA) is 80.2 Å². The lowest BCUT2D eigenvalue weighted by atomic mass is 10.2. The summed E-state index contributed by atoms with van der Waals surface area (Å²) < 4.78 is 10.2. The van der Waals surface area contributed by atoms with Crippen LogP contribution in [0.4, 0.5) is 0 Å². The first-order valence-corrected chi connectivity index (χ1v) is 7.03. The second-order valence-electron chi connectivity index (χ2n) is 4.46. The van der Waals surface area contributed by atoms with E-state index in [0.717, 1.165) is 0 Å². The average molecular weight is 335 g/mol. The highest BCUT2D eigenvalue weighted by molar-refractivity contribution is 6.30. The van der Waals surface area contributed by atoms with E-state index in [4.69, 9.17) is 21.1 Å². The van der Waals surface area contributed by atoms with E-state index in [1.54, 1.807) is 36.4 Å². The maximum Gasteiger partial charge on any atom is 0.277 e. The molecular weight excluding hydrogens is 320 g/mol. The highest BCUT2D eigenvalue weighted by atomic mass is 35.5. The van der Waals surface area contributed by atoms with Crippen LogP contribution in [0, 0.1) is 0 Å². The van der Waals surface area contributed by atoms with Crippen LogP contribution in [0.3, 0.4) is 0 Å². The number of nitrogens with zero attached hydrogens (tertiary/aromatic N) is 1. The molecule has 0 saturated carbocycles. The summed E-state index contributed by atoms with van der Waals surface area (Å²) in [6, 6.07) is 11.4. The maximum atomic E-state index is 11.6. The van der Waals surface area contributed by atoms with Crippen LogP contribution in [0.5, 0.6) is 17.2 Å². The molecule has 7 heteroatoms. The van der Waals surface area contributed by atoms with E-state index in [-0.39, 0.29) is 12.4 Å². The monoisotopic (exact) mass is 334 g/mol. The van der Waals surface area contributed by atoms with Crippen LogP contribution >= 0.6 is 11.6 Å². The number of hydrazone groups is 1. The van der Waals surface area contributed by atoms with Gasteiger partial charge in [0.1, 0.15) is 17.2 Å². The molecule has 23 heavy (non-hydrogen) atoms. The Kier molecular flexibility index (Phi) is 5.82. The van der Waals surface area contributed by atoms with Crippen molar-refractivity contribution in [3.05, 3.63) is 53.1 Å². The van der Waals surface area contributed by atoms with Crippen molar-refractivity contribution >= 4 is 23.7 Å². The molecule has 6 nitrogen and oxygen atoms in total. The number of aromatic hydroxyl groups is 1. The summed E-state index contributed by atoms with van der Waals surface area (Å²) in [6.07, 6.45) is 1.33. The van der Waals surface area contributed by atoms with E-state index in [9.17, 15) is 9.90 Å². The molecule has 0 radical (unpaired) electrons. The number of carbonyl (C=O) groups is 1. The van der Waals surface area contributed by atoms with Gasteiger partial charge >= 0.3 is 0 Å². The fourth-order valence-corrected chi connectivity index (χ4v) is 1.77. The highest BCUT2D eigenvalue weighted by Gasteiger charge is 2.03. The van der Waals surface area contributed by atoms with Crippen molar-refractivity contribution in [2.75, 3.05) is 13.7 Å². The van der Waals surface area contributed by atoms with E-state index in [1.165, 1.54) is 19.4 Å². The third kappa shape index (κ3) is 5.19. The van der Waals surface area contributed by atoms with Gasteiger partial charge in [-0.05, 0) is 36.4 Å². The van der Waals surface area contributed by atoms with E-state index in [2.05, 4.69) is 10.5 Å². The van der Waals surface area contributed by atoms with Crippen molar-refractivity contribution in [1.29, 1.82) is 0 Å².